The third kappa shape index (κ3) is 4.48. The maximum atomic E-state index is 13.3. The second-order valence-electron chi connectivity index (χ2n) is 5.30. The molecule has 1 aromatic carbocycles. The lowest BCUT2D eigenvalue weighted by atomic mass is 10.2. The number of rotatable bonds is 5. The molecule has 4 heteroatoms. The number of quaternary nitrogens is 1. The molecule has 19 heavy (non-hydrogen) atoms. The van der Waals surface area contributed by atoms with Crippen molar-refractivity contribution in [3.8, 4) is 5.75 Å². The number of nitrogens with one attached hydrogen (secondary N) is 1. The molecule has 1 aliphatic heterocycles. The Bertz CT molecular complexity index is 389. The highest BCUT2D eigenvalue weighted by molar-refractivity contribution is 5.23. The fraction of sp³-hybridized carbons (Fsp3) is 0.600. The largest absolute Gasteiger partial charge is 0.490 e. The predicted molar refractivity (Wildman–Crippen MR) is 72.1 cm³/mol. The van der Waals surface area contributed by atoms with Gasteiger partial charge in [0.15, 0.2) is 11.6 Å². The van der Waals surface area contributed by atoms with Crippen LogP contribution >= 0.6 is 0 Å². The molecule has 0 aliphatic carbocycles. The molecule has 0 aromatic heterocycles. The number of hydrogen-bond acceptors (Lipinski definition) is 2. The summed E-state index contributed by atoms with van der Waals surface area (Å²) in [5, 5.41) is 0. The molecule has 0 amide bonds. The van der Waals surface area contributed by atoms with Crippen LogP contribution in [0.15, 0.2) is 24.3 Å². The van der Waals surface area contributed by atoms with E-state index in [1.54, 1.807) is 23.1 Å². The molecule has 1 heterocycles. The van der Waals surface area contributed by atoms with Gasteiger partial charge in [-0.25, -0.2) is 4.39 Å². The Hall–Kier alpha value is -1.13. The molecule has 0 saturated carbocycles. The fourth-order valence-electron chi connectivity index (χ4n) is 2.66. The van der Waals surface area contributed by atoms with Crippen LogP contribution < -0.4 is 9.64 Å². The summed E-state index contributed by atoms with van der Waals surface area (Å²) in [5.41, 5.74) is 0. The zero-order valence-corrected chi connectivity index (χ0v) is 11.7. The van der Waals surface area contributed by atoms with Crippen molar-refractivity contribution in [2.45, 2.75) is 32.5 Å². The van der Waals surface area contributed by atoms with E-state index >= 15 is 0 Å². The summed E-state index contributed by atoms with van der Waals surface area (Å²) in [6, 6.07) is 6.55. The highest BCUT2D eigenvalue weighted by atomic mass is 19.1. The lowest BCUT2D eigenvalue weighted by Crippen LogP contribution is -3.15. The zero-order valence-electron chi connectivity index (χ0n) is 11.7. The smallest absolute Gasteiger partial charge is 0.165 e. The quantitative estimate of drug-likeness (QED) is 0.813. The molecule has 3 atom stereocenters. The van der Waals surface area contributed by atoms with E-state index in [-0.39, 0.29) is 5.82 Å². The predicted octanol–water partition coefficient (Wildman–Crippen LogP) is 1.29. The summed E-state index contributed by atoms with van der Waals surface area (Å²) in [6.45, 7) is 7.94. The van der Waals surface area contributed by atoms with E-state index in [2.05, 4.69) is 13.8 Å². The SMILES string of the molecule is C[C@@H]1C[NH+](CCCOc2ccccc2F)C[C@H](C)O1. The Morgan fingerprint density at radius 3 is 2.63 bits per heavy atom. The van der Waals surface area contributed by atoms with Gasteiger partial charge in [0.05, 0.1) is 13.2 Å². The third-order valence-electron chi connectivity index (χ3n) is 3.39. The first-order valence-corrected chi connectivity index (χ1v) is 7.01. The summed E-state index contributed by atoms with van der Waals surface area (Å²) in [5.74, 6) is 0.0599. The van der Waals surface area contributed by atoms with Gasteiger partial charge in [0.2, 0.25) is 0 Å². The van der Waals surface area contributed by atoms with E-state index < -0.39 is 0 Å². The van der Waals surface area contributed by atoms with Gasteiger partial charge in [0.1, 0.15) is 25.3 Å². The number of para-hydroxylation sites is 1. The van der Waals surface area contributed by atoms with Crippen LogP contribution in [0.5, 0.6) is 5.75 Å². The van der Waals surface area contributed by atoms with Gasteiger partial charge in [0, 0.05) is 6.42 Å². The fourth-order valence-corrected chi connectivity index (χ4v) is 2.66. The second-order valence-corrected chi connectivity index (χ2v) is 5.30. The number of hydrogen-bond donors (Lipinski definition) is 1. The lowest BCUT2D eigenvalue weighted by molar-refractivity contribution is -0.915. The first kappa shape index (κ1) is 14.3. The van der Waals surface area contributed by atoms with E-state index in [1.165, 1.54) is 6.07 Å². The van der Waals surface area contributed by atoms with Crippen molar-refractivity contribution < 1.29 is 18.8 Å². The third-order valence-corrected chi connectivity index (χ3v) is 3.39. The lowest BCUT2D eigenvalue weighted by Gasteiger charge is -2.32. The van der Waals surface area contributed by atoms with E-state index in [0.29, 0.717) is 24.6 Å². The van der Waals surface area contributed by atoms with E-state index in [4.69, 9.17) is 9.47 Å². The van der Waals surface area contributed by atoms with Crippen LogP contribution in [0.4, 0.5) is 4.39 Å². The van der Waals surface area contributed by atoms with Gasteiger partial charge >= 0.3 is 0 Å². The van der Waals surface area contributed by atoms with Crippen molar-refractivity contribution in [2.75, 3.05) is 26.2 Å². The molecule has 1 fully saturated rings. The van der Waals surface area contributed by atoms with Crippen molar-refractivity contribution in [1.29, 1.82) is 0 Å². The highest BCUT2D eigenvalue weighted by Gasteiger charge is 2.24. The average Bonchev–Trinajstić information content (AvgIpc) is 2.35. The van der Waals surface area contributed by atoms with Gasteiger partial charge in [-0.2, -0.15) is 0 Å². The summed E-state index contributed by atoms with van der Waals surface area (Å²) >= 11 is 0. The Labute approximate surface area is 114 Å². The molecule has 1 aliphatic rings. The minimum atomic E-state index is -0.288. The van der Waals surface area contributed by atoms with Crippen LogP contribution in [0.1, 0.15) is 20.3 Å². The maximum absolute atomic E-state index is 13.3. The molecule has 3 nitrogen and oxygen atoms in total. The molecule has 1 N–H and O–H groups in total. The molecule has 1 saturated heterocycles. The van der Waals surface area contributed by atoms with Crippen LogP contribution in [0.25, 0.3) is 0 Å². The Morgan fingerprint density at radius 2 is 1.95 bits per heavy atom. The van der Waals surface area contributed by atoms with E-state index in [0.717, 1.165) is 26.1 Å². The highest BCUT2D eigenvalue weighted by Crippen LogP contribution is 2.15. The molecule has 0 radical (unpaired) electrons. The van der Waals surface area contributed by atoms with Gasteiger partial charge in [-0.3, -0.25) is 0 Å². The maximum Gasteiger partial charge on any atom is 0.165 e. The Kier molecular flexibility index (Phi) is 5.16. The van der Waals surface area contributed by atoms with Crippen LogP contribution in [0, 0.1) is 5.82 Å². The van der Waals surface area contributed by atoms with Crippen LogP contribution in [-0.4, -0.2) is 38.4 Å². The van der Waals surface area contributed by atoms with Crippen molar-refractivity contribution in [3.63, 3.8) is 0 Å². The van der Waals surface area contributed by atoms with Gasteiger partial charge < -0.3 is 14.4 Å². The van der Waals surface area contributed by atoms with Crippen molar-refractivity contribution >= 4 is 0 Å². The second kappa shape index (κ2) is 6.87. The number of benzene rings is 1. The van der Waals surface area contributed by atoms with Crippen LogP contribution in [-0.2, 0) is 4.74 Å². The van der Waals surface area contributed by atoms with Crippen LogP contribution in [0.2, 0.25) is 0 Å². The number of halogens is 1. The Morgan fingerprint density at radius 1 is 1.26 bits per heavy atom. The number of morpholine rings is 1. The first-order valence-electron chi connectivity index (χ1n) is 7.01. The normalized spacial score (nSPS) is 27.2. The van der Waals surface area contributed by atoms with Crippen molar-refractivity contribution in [1.82, 2.24) is 0 Å². The summed E-state index contributed by atoms with van der Waals surface area (Å²) in [4.78, 5) is 1.54. The van der Waals surface area contributed by atoms with Crippen molar-refractivity contribution in [3.05, 3.63) is 30.1 Å². The molecule has 2 rings (SSSR count). The Balaban J connectivity index is 1.68. The molecular weight excluding hydrogens is 245 g/mol. The average molecular weight is 268 g/mol. The molecule has 1 unspecified atom stereocenters. The first-order chi connectivity index (χ1) is 9.15. The van der Waals surface area contributed by atoms with Gasteiger partial charge in [0.25, 0.3) is 0 Å². The van der Waals surface area contributed by atoms with Crippen LogP contribution in [0.3, 0.4) is 0 Å². The van der Waals surface area contributed by atoms with Crippen molar-refractivity contribution in [2.24, 2.45) is 0 Å². The van der Waals surface area contributed by atoms with E-state index in [1.807, 2.05) is 0 Å². The standard InChI is InChI=1S/C15H22FNO2/c1-12-10-17(11-13(2)19-12)8-5-9-18-15-7-4-3-6-14(15)16/h3-4,6-7,12-13H,5,8-11H2,1-2H3/p+1/t12-,13+. The monoisotopic (exact) mass is 268 g/mol. The molecule has 0 spiro atoms. The molecule has 106 valence electrons. The topological polar surface area (TPSA) is 22.9 Å². The molecule has 0 bridgehead atoms. The molecular formula is C15H23FNO2+. The van der Waals surface area contributed by atoms with E-state index in [9.17, 15) is 4.39 Å². The molecule has 1 aromatic rings. The minimum Gasteiger partial charge on any atom is -0.490 e. The minimum absolute atomic E-state index is 0.288. The summed E-state index contributed by atoms with van der Waals surface area (Å²) in [7, 11) is 0. The number of ether oxygens (including phenoxy) is 2. The van der Waals surface area contributed by atoms with Gasteiger partial charge in [-0.1, -0.05) is 12.1 Å². The van der Waals surface area contributed by atoms with Gasteiger partial charge in [-0.15, -0.1) is 0 Å². The van der Waals surface area contributed by atoms with Gasteiger partial charge in [-0.05, 0) is 26.0 Å². The summed E-state index contributed by atoms with van der Waals surface area (Å²) < 4.78 is 24.5. The zero-order chi connectivity index (χ0) is 13.7. The summed E-state index contributed by atoms with van der Waals surface area (Å²) in [6.07, 6.45) is 1.58.